The van der Waals surface area contributed by atoms with Crippen molar-refractivity contribution >= 4 is 29.3 Å². The predicted octanol–water partition coefficient (Wildman–Crippen LogP) is 4.61. The fraction of sp³-hybridized carbons (Fsp3) is 0.182. The van der Waals surface area contributed by atoms with Crippen molar-refractivity contribution in [3.8, 4) is 0 Å². The van der Waals surface area contributed by atoms with Crippen LogP contribution >= 0.6 is 0 Å². The van der Waals surface area contributed by atoms with Gasteiger partial charge in [0.1, 0.15) is 11.6 Å². The van der Waals surface area contributed by atoms with Gasteiger partial charge in [0.25, 0.3) is 5.88 Å². The van der Waals surface area contributed by atoms with Gasteiger partial charge < -0.3 is 25.1 Å². The molecule has 0 fully saturated rings. The number of hydrogen-bond acceptors (Lipinski definition) is 6. The number of nitrogens with two attached hydrogens (primary N) is 1. The summed E-state index contributed by atoms with van der Waals surface area (Å²) < 4.78 is 6.90. The van der Waals surface area contributed by atoms with Crippen LogP contribution in [0.2, 0.25) is 0 Å². The van der Waals surface area contributed by atoms with Gasteiger partial charge in [-0.2, -0.15) is 0 Å². The Labute approximate surface area is 175 Å². The van der Waals surface area contributed by atoms with Crippen LogP contribution in [-0.4, -0.2) is 29.1 Å². The third-order valence-electron chi connectivity index (χ3n) is 4.61. The summed E-state index contributed by atoms with van der Waals surface area (Å²) in [5.41, 5.74) is 8.80. The monoisotopic (exact) mass is 405 g/mol. The minimum atomic E-state index is -0.334. The van der Waals surface area contributed by atoms with Crippen molar-refractivity contribution in [2.45, 2.75) is 12.8 Å². The maximum atomic E-state index is 8.86. The molecule has 30 heavy (non-hydrogen) atoms. The molecule has 0 aliphatic carbocycles. The first kappa shape index (κ1) is 20.8. The van der Waals surface area contributed by atoms with E-state index in [4.69, 9.17) is 22.3 Å². The lowest BCUT2D eigenvalue weighted by Crippen LogP contribution is -2.08. The van der Waals surface area contributed by atoms with Gasteiger partial charge in [-0.3, -0.25) is 0 Å². The summed E-state index contributed by atoms with van der Waals surface area (Å²) in [6.45, 7) is 12.8. The van der Waals surface area contributed by atoms with E-state index >= 15 is 0 Å². The van der Waals surface area contributed by atoms with Crippen LogP contribution in [0.3, 0.4) is 0 Å². The number of nitrogens with zero attached hydrogens (tertiary/aromatic N) is 4. The summed E-state index contributed by atoms with van der Waals surface area (Å²) in [6, 6.07) is 8.12. The van der Waals surface area contributed by atoms with Crippen LogP contribution in [0.15, 0.2) is 60.6 Å². The van der Waals surface area contributed by atoms with Gasteiger partial charge in [-0.25, -0.2) is 5.26 Å². The van der Waals surface area contributed by atoms with Crippen LogP contribution in [0.5, 0.6) is 0 Å². The summed E-state index contributed by atoms with van der Waals surface area (Å²) in [5.74, 6) is 1.03. The normalized spacial score (nSPS) is 15.8. The van der Waals surface area contributed by atoms with E-state index < -0.39 is 0 Å². The quantitative estimate of drug-likeness (QED) is 0.316. The molecule has 1 aromatic heterocycles. The lowest BCUT2D eigenvalue weighted by molar-refractivity contribution is -0.176. The molecule has 1 aliphatic heterocycles. The van der Waals surface area contributed by atoms with Crippen molar-refractivity contribution in [2.24, 2.45) is 0 Å². The predicted molar refractivity (Wildman–Crippen MR) is 117 cm³/mol. The van der Waals surface area contributed by atoms with Crippen LogP contribution in [0.4, 0.5) is 17.3 Å². The summed E-state index contributed by atoms with van der Waals surface area (Å²) >= 11 is 0. The molecule has 0 radical (unpaired) electrons. The molecule has 0 amide bonds. The Morgan fingerprint density at radius 3 is 2.63 bits per heavy atom. The third kappa shape index (κ3) is 4.21. The van der Waals surface area contributed by atoms with Crippen molar-refractivity contribution in [3.63, 3.8) is 0 Å². The molecule has 1 unspecified atom stereocenters. The lowest BCUT2D eigenvalue weighted by Gasteiger charge is -2.19. The second kappa shape index (κ2) is 8.59. The Morgan fingerprint density at radius 2 is 2.03 bits per heavy atom. The minimum absolute atomic E-state index is 0.0977. The van der Waals surface area contributed by atoms with Gasteiger partial charge in [0, 0.05) is 31.3 Å². The lowest BCUT2D eigenvalue weighted by atomic mass is 9.97. The van der Waals surface area contributed by atoms with E-state index in [1.54, 1.807) is 0 Å². The molecule has 1 aliphatic rings. The molecule has 1 atom stereocenters. The molecular weight excluding hydrogens is 382 g/mol. The molecule has 0 saturated carbocycles. The first-order valence-corrected chi connectivity index (χ1v) is 9.14. The largest absolute Gasteiger partial charge is 0.463 e. The van der Waals surface area contributed by atoms with Gasteiger partial charge in [-0.15, -0.1) is 4.68 Å². The van der Waals surface area contributed by atoms with Crippen LogP contribution in [0.1, 0.15) is 24.0 Å². The fourth-order valence-electron chi connectivity index (χ4n) is 3.11. The Balaban J connectivity index is 1.92. The van der Waals surface area contributed by atoms with E-state index in [9.17, 15) is 0 Å². The number of aromatic nitrogens is 2. The molecule has 3 rings (SSSR count). The summed E-state index contributed by atoms with van der Waals surface area (Å²) in [5, 5.41) is 12.9. The smallest absolute Gasteiger partial charge is 0.302 e. The molecule has 2 aromatic rings. The molecule has 0 saturated heterocycles. The average Bonchev–Trinajstić information content (AvgIpc) is 3.08. The van der Waals surface area contributed by atoms with E-state index in [1.165, 1.54) is 0 Å². The Hall–Kier alpha value is -3.96. The zero-order valence-corrected chi connectivity index (χ0v) is 17.0. The van der Waals surface area contributed by atoms with Crippen molar-refractivity contribution in [2.75, 3.05) is 24.7 Å². The van der Waals surface area contributed by atoms with Crippen LogP contribution in [-0.2, 0) is 9.62 Å². The highest BCUT2D eigenvalue weighted by Crippen LogP contribution is 2.38. The highest BCUT2D eigenvalue weighted by Gasteiger charge is 2.27. The SMILES string of the molecule is [C-]#[N+]c1nn(C(=C)OO)c(N)c1C1C=C(C)OC(C=Cc2ccc(N(C)C)cc2)=C1. The number of allylic oxidation sites excluding steroid dienone is 4. The Morgan fingerprint density at radius 1 is 1.33 bits per heavy atom. The number of ether oxygens (including phenoxy) is 1. The number of nitrogen functional groups attached to an aromatic ring is 1. The summed E-state index contributed by atoms with van der Waals surface area (Å²) in [6.07, 6.45) is 7.51. The van der Waals surface area contributed by atoms with Crippen LogP contribution in [0.25, 0.3) is 16.8 Å². The summed E-state index contributed by atoms with van der Waals surface area (Å²) in [7, 11) is 3.99. The van der Waals surface area contributed by atoms with E-state index in [-0.39, 0.29) is 23.4 Å². The molecule has 1 aromatic carbocycles. The Bertz CT molecular complexity index is 1090. The zero-order valence-electron chi connectivity index (χ0n) is 17.0. The maximum absolute atomic E-state index is 8.86. The number of hydrogen-bond donors (Lipinski definition) is 2. The van der Waals surface area contributed by atoms with Gasteiger partial charge in [-0.05, 0) is 54.5 Å². The molecule has 2 heterocycles. The number of anilines is 2. The third-order valence-corrected chi connectivity index (χ3v) is 4.61. The second-order valence-corrected chi connectivity index (χ2v) is 6.92. The molecule has 0 bridgehead atoms. The van der Waals surface area contributed by atoms with Gasteiger partial charge in [0.05, 0.1) is 5.76 Å². The first-order chi connectivity index (χ1) is 14.3. The molecule has 8 heteroatoms. The van der Waals surface area contributed by atoms with Crippen LogP contribution < -0.4 is 10.6 Å². The van der Waals surface area contributed by atoms with E-state index in [1.807, 2.05) is 74.5 Å². The standard InChI is InChI=1S/C22H23N5O3/c1-14-12-17(20-21(23)27(15(2)30-28)25-22(20)24-3)13-19(29-14)11-8-16-6-9-18(10-7-16)26(4)5/h6-13,17,28H,2,23H2,1,4-5H3. The number of benzene rings is 1. The Kier molecular flexibility index (Phi) is 5.95. The van der Waals surface area contributed by atoms with Crippen molar-refractivity contribution in [1.82, 2.24) is 9.78 Å². The van der Waals surface area contributed by atoms with Gasteiger partial charge >= 0.3 is 5.82 Å². The topological polar surface area (TPSA) is 90.1 Å². The molecule has 154 valence electrons. The van der Waals surface area contributed by atoms with E-state index in [0.29, 0.717) is 17.1 Å². The number of rotatable bonds is 6. The van der Waals surface area contributed by atoms with Crippen molar-refractivity contribution < 1.29 is 14.9 Å². The van der Waals surface area contributed by atoms with Gasteiger partial charge in [0.2, 0.25) is 0 Å². The van der Waals surface area contributed by atoms with Crippen LogP contribution in [0, 0.1) is 6.57 Å². The molecule has 8 nitrogen and oxygen atoms in total. The molecule has 0 spiro atoms. The molecule has 3 N–H and O–H groups in total. The van der Waals surface area contributed by atoms with E-state index in [0.717, 1.165) is 15.9 Å². The average molecular weight is 405 g/mol. The van der Waals surface area contributed by atoms with Gasteiger partial charge in [0.15, 0.2) is 0 Å². The summed E-state index contributed by atoms with van der Waals surface area (Å²) in [4.78, 5) is 9.61. The minimum Gasteiger partial charge on any atom is -0.463 e. The second-order valence-electron chi connectivity index (χ2n) is 6.92. The zero-order chi connectivity index (χ0) is 21.8. The maximum Gasteiger partial charge on any atom is 0.302 e. The van der Waals surface area contributed by atoms with E-state index in [2.05, 4.69) is 21.4 Å². The highest BCUT2D eigenvalue weighted by molar-refractivity contribution is 5.66. The molecular formula is C22H23N5O3. The van der Waals surface area contributed by atoms with Crippen molar-refractivity contribution in [3.05, 3.63) is 83.1 Å². The first-order valence-electron chi connectivity index (χ1n) is 9.14. The van der Waals surface area contributed by atoms with Gasteiger partial charge in [-0.1, -0.05) is 24.8 Å². The van der Waals surface area contributed by atoms with Crippen molar-refractivity contribution in [1.29, 1.82) is 0 Å². The fourth-order valence-corrected chi connectivity index (χ4v) is 3.11. The highest BCUT2D eigenvalue weighted by atomic mass is 17.1.